The Balaban J connectivity index is 1.59. The van der Waals surface area contributed by atoms with Gasteiger partial charge in [-0.3, -0.25) is 0 Å². The minimum Gasteiger partial charge on any atom is -0.492 e. The number of ether oxygens (including phenoxy) is 1. The highest BCUT2D eigenvalue weighted by atomic mass is 16.5. The quantitative estimate of drug-likeness (QED) is 0.678. The molecule has 0 bridgehead atoms. The van der Waals surface area contributed by atoms with E-state index in [2.05, 4.69) is 65.3 Å². The molecular formula is C22H35N5O. The molecule has 154 valence electrons. The van der Waals surface area contributed by atoms with Crippen LogP contribution in [0.2, 0.25) is 0 Å². The zero-order chi connectivity index (χ0) is 19.8. The molecule has 1 aliphatic rings. The van der Waals surface area contributed by atoms with Crippen LogP contribution in [0.3, 0.4) is 0 Å². The smallest absolute Gasteiger partial charge is 0.137 e. The molecule has 1 aromatic heterocycles. The summed E-state index contributed by atoms with van der Waals surface area (Å²) in [5.74, 6) is 1.71. The number of hydrogen-bond acceptors (Lipinski definition) is 5. The fraction of sp³-hybridized carbons (Fsp3) is 0.636. The molecule has 2 aromatic rings. The predicted octanol–water partition coefficient (Wildman–Crippen LogP) is 3.52. The van der Waals surface area contributed by atoms with Crippen molar-refractivity contribution in [2.24, 2.45) is 5.92 Å². The SMILES string of the molecule is CCN(CC)CCOc1ccccc1CN[C@@H]1CC[C@H](C)C[C@@H]1n1cncn1. The van der Waals surface area contributed by atoms with E-state index in [1.165, 1.54) is 12.0 Å². The third kappa shape index (κ3) is 5.55. The van der Waals surface area contributed by atoms with Gasteiger partial charge < -0.3 is 15.0 Å². The van der Waals surface area contributed by atoms with Crippen molar-refractivity contribution in [2.75, 3.05) is 26.2 Å². The van der Waals surface area contributed by atoms with Gasteiger partial charge in [0.15, 0.2) is 0 Å². The molecule has 1 aromatic carbocycles. The van der Waals surface area contributed by atoms with Gasteiger partial charge in [-0.05, 0) is 44.3 Å². The van der Waals surface area contributed by atoms with Crippen molar-refractivity contribution in [1.29, 1.82) is 0 Å². The molecule has 0 radical (unpaired) electrons. The largest absolute Gasteiger partial charge is 0.492 e. The summed E-state index contributed by atoms with van der Waals surface area (Å²) < 4.78 is 8.15. The Morgan fingerprint density at radius 2 is 2.04 bits per heavy atom. The summed E-state index contributed by atoms with van der Waals surface area (Å²) >= 11 is 0. The maximum absolute atomic E-state index is 6.12. The summed E-state index contributed by atoms with van der Waals surface area (Å²) in [5, 5.41) is 8.19. The van der Waals surface area contributed by atoms with Crippen molar-refractivity contribution in [1.82, 2.24) is 25.0 Å². The van der Waals surface area contributed by atoms with Crippen molar-refractivity contribution >= 4 is 0 Å². The average Bonchev–Trinajstić information content (AvgIpc) is 3.26. The van der Waals surface area contributed by atoms with Crippen LogP contribution in [0, 0.1) is 5.92 Å². The molecule has 0 unspecified atom stereocenters. The van der Waals surface area contributed by atoms with Crippen molar-refractivity contribution < 1.29 is 4.74 Å². The normalized spacial score (nSPS) is 22.5. The average molecular weight is 386 g/mol. The van der Waals surface area contributed by atoms with Gasteiger partial charge in [0.1, 0.15) is 25.0 Å². The Labute approximate surface area is 169 Å². The van der Waals surface area contributed by atoms with Crippen LogP contribution in [0.25, 0.3) is 0 Å². The number of rotatable bonds is 10. The van der Waals surface area contributed by atoms with Crippen LogP contribution in [-0.4, -0.2) is 51.9 Å². The van der Waals surface area contributed by atoms with Crippen LogP contribution in [0.15, 0.2) is 36.9 Å². The lowest BCUT2D eigenvalue weighted by atomic mass is 9.83. The monoisotopic (exact) mass is 385 g/mol. The van der Waals surface area contributed by atoms with E-state index in [1.807, 2.05) is 11.0 Å². The van der Waals surface area contributed by atoms with Crippen LogP contribution >= 0.6 is 0 Å². The molecule has 1 N–H and O–H groups in total. The Bertz CT molecular complexity index is 686. The van der Waals surface area contributed by atoms with Crippen LogP contribution in [0.5, 0.6) is 5.75 Å². The lowest BCUT2D eigenvalue weighted by Crippen LogP contribution is -2.41. The molecule has 0 amide bonds. The van der Waals surface area contributed by atoms with E-state index in [0.717, 1.165) is 57.3 Å². The molecule has 1 fully saturated rings. The fourth-order valence-corrected chi connectivity index (χ4v) is 4.13. The molecule has 1 aliphatic carbocycles. The van der Waals surface area contributed by atoms with E-state index in [1.54, 1.807) is 6.33 Å². The van der Waals surface area contributed by atoms with Gasteiger partial charge >= 0.3 is 0 Å². The second kappa shape index (κ2) is 10.6. The molecule has 0 spiro atoms. The lowest BCUT2D eigenvalue weighted by molar-refractivity contribution is 0.199. The number of hydrogen-bond donors (Lipinski definition) is 1. The maximum Gasteiger partial charge on any atom is 0.137 e. The molecular weight excluding hydrogens is 350 g/mol. The van der Waals surface area contributed by atoms with Gasteiger partial charge in [0.05, 0.1) is 6.04 Å². The first-order chi connectivity index (χ1) is 13.7. The third-order valence-corrected chi connectivity index (χ3v) is 5.94. The van der Waals surface area contributed by atoms with Crippen LogP contribution in [0.1, 0.15) is 51.6 Å². The van der Waals surface area contributed by atoms with Crippen molar-refractivity contribution in [3.8, 4) is 5.75 Å². The van der Waals surface area contributed by atoms with Gasteiger partial charge in [0.2, 0.25) is 0 Å². The van der Waals surface area contributed by atoms with E-state index in [0.29, 0.717) is 12.1 Å². The number of likely N-dealkylation sites (N-methyl/N-ethyl adjacent to an activating group) is 1. The lowest BCUT2D eigenvalue weighted by Gasteiger charge is -2.35. The molecule has 6 heteroatoms. The zero-order valence-electron chi connectivity index (χ0n) is 17.6. The molecule has 28 heavy (non-hydrogen) atoms. The standard InChI is InChI=1S/C22H35N5O/c1-4-26(5-2)12-13-28-22-9-7-6-8-19(22)15-24-20-11-10-18(3)14-21(20)27-17-23-16-25-27/h6-9,16-18,20-21,24H,4-5,10-15H2,1-3H3/t18-,20+,21-/m0/s1. The second-order valence-electron chi connectivity index (χ2n) is 7.83. The Morgan fingerprint density at radius 3 is 2.79 bits per heavy atom. The predicted molar refractivity (Wildman–Crippen MR) is 112 cm³/mol. The van der Waals surface area contributed by atoms with Gasteiger partial charge in [0.25, 0.3) is 0 Å². The van der Waals surface area contributed by atoms with E-state index in [4.69, 9.17) is 4.74 Å². The summed E-state index contributed by atoms with van der Waals surface area (Å²) in [7, 11) is 0. The Kier molecular flexibility index (Phi) is 7.86. The highest BCUT2D eigenvalue weighted by Crippen LogP contribution is 2.32. The molecule has 0 aliphatic heterocycles. The highest BCUT2D eigenvalue weighted by Gasteiger charge is 2.30. The number of para-hydroxylation sites is 1. The van der Waals surface area contributed by atoms with Crippen LogP contribution < -0.4 is 10.1 Å². The van der Waals surface area contributed by atoms with Gasteiger partial charge in [-0.25, -0.2) is 9.67 Å². The Morgan fingerprint density at radius 1 is 1.21 bits per heavy atom. The Hall–Kier alpha value is -1.92. The number of nitrogens with zero attached hydrogens (tertiary/aromatic N) is 4. The summed E-state index contributed by atoms with van der Waals surface area (Å²) in [6, 6.07) is 9.15. The zero-order valence-corrected chi connectivity index (χ0v) is 17.6. The third-order valence-electron chi connectivity index (χ3n) is 5.94. The van der Waals surface area contributed by atoms with E-state index >= 15 is 0 Å². The molecule has 3 atom stereocenters. The number of aromatic nitrogens is 3. The minimum absolute atomic E-state index is 0.363. The van der Waals surface area contributed by atoms with Crippen LogP contribution in [0.4, 0.5) is 0 Å². The first kappa shape index (κ1) is 20.8. The summed E-state index contributed by atoms with van der Waals surface area (Å²) in [5.41, 5.74) is 1.22. The molecule has 1 heterocycles. The first-order valence-corrected chi connectivity index (χ1v) is 10.7. The maximum atomic E-state index is 6.12. The molecule has 1 saturated carbocycles. The van der Waals surface area contributed by atoms with E-state index < -0.39 is 0 Å². The molecule has 0 saturated heterocycles. The van der Waals surface area contributed by atoms with Crippen molar-refractivity contribution in [3.63, 3.8) is 0 Å². The number of benzene rings is 1. The first-order valence-electron chi connectivity index (χ1n) is 10.7. The molecule has 6 nitrogen and oxygen atoms in total. The van der Waals surface area contributed by atoms with Gasteiger partial charge in [-0.15, -0.1) is 0 Å². The highest BCUT2D eigenvalue weighted by molar-refractivity contribution is 5.33. The summed E-state index contributed by atoms with van der Waals surface area (Å²) in [6.45, 7) is 11.3. The van der Waals surface area contributed by atoms with Crippen molar-refractivity contribution in [3.05, 3.63) is 42.5 Å². The summed E-state index contributed by atoms with van der Waals surface area (Å²) in [6.07, 6.45) is 7.04. The summed E-state index contributed by atoms with van der Waals surface area (Å²) in [4.78, 5) is 6.53. The van der Waals surface area contributed by atoms with Crippen molar-refractivity contribution in [2.45, 2.75) is 58.7 Å². The van der Waals surface area contributed by atoms with E-state index in [-0.39, 0.29) is 0 Å². The van der Waals surface area contributed by atoms with E-state index in [9.17, 15) is 0 Å². The topological polar surface area (TPSA) is 55.2 Å². The molecule has 3 rings (SSSR count). The van der Waals surface area contributed by atoms with Gasteiger partial charge in [-0.1, -0.05) is 39.0 Å². The number of nitrogens with one attached hydrogen (secondary N) is 1. The van der Waals surface area contributed by atoms with Crippen LogP contribution in [-0.2, 0) is 6.54 Å². The van der Waals surface area contributed by atoms with Gasteiger partial charge in [0, 0.05) is 24.7 Å². The minimum atomic E-state index is 0.363. The van der Waals surface area contributed by atoms with Gasteiger partial charge in [-0.2, -0.15) is 5.10 Å². The fourth-order valence-electron chi connectivity index (χ4n) is 4.13. The second-order valence-corrected chi connectivity index (χ2v) is 7.83.